The molecule has 102 valence electrons. The van der Waals surface area contributed by atoms with E-state index < -0.39 is 11.9 Å². The van der Waals surface area contributed by atoms with E-state index in [1.54, 1.807) is 6.07 Å². The summed E-state index contributed by atoms with van der Waals surface area (Å²) in [5, 5.41) is 10.1. The third-order valence-electron chi connectivity index (χ3n) is 3.15. The van der Waals surface area contributed by atoms with E-state index in [1.807, 2.05) is 20.8 Å². The first kappa shape index (κ1) is 14.9. The Kier molecular flexibility index (Phi) is 4.71. The van der Waals surface area contributed by atoms with Crippen LogP contribution in [0, 0.1) is 11.2 Å². The van der Waals surface area contributed by atoms with Crippen molar-refractivity contribution in [3.8, 4) is 5.75 Å². The lowest BCUT2D eigenvalue weighted by Gasteiger charge is -2.29. The molecule has 0 saturated carbocycles. The average Bonchev–Trinajstić information content (AvgIpc) is 2.27. The van der Waals surface area contributed by atoms with Crippen molar-refractivity contribution in [1.29, 1.82) is 0 Å². The first-order chi connectivity index (χ1) is 8.25. The molecule has 0 spiro atoms. The molecule has 0 aromatic heterocycles. The first-order valence-electron chi connectivity index (χ1n) is 6.02. The second kappa shape index (κ2) is 5.67. The van der Waals surface area contributed by atoms with Crippen LogP contribution in [0.5, 0.6) is 5.75 Å². The molecule has 0 aliphatic rings. The van der Waals surface area contributed by atoms with Crippen molar-refractivity contribution in [2.45, 2.75) is 39.3 Å². The molecule has 0 amide bonds. The fourth-order valence-electron chi connectivity index (χ4n) is 1.62. The minimum absolute atomic E-state index is 0.0913. The molecular weight excluding hydrogens is 233 g/mol. The lowest BCUT2D eigenvalue weighted by Crippen LogP contribution is -2.36. The minimum Gasteiger partial charge on any atom is -0.494 e. The molecule has 1 aromatic rings. The number of hydrogen-bond acceptors (Lipinski definition) is 3. The molecule has 0 heterocycles. The molecule has 0 aliphatic carbocycles. The third-order valence-corrected chi connectivity index (χ3v) is 3.15. The zero-order chi connectivity index (χ0) is 13.9. The van der Waals surface area contributed by atoms with E-state index in [0.29, 0.717) is 12.0 Å². The molecule has 0 fully saturated rings. The topological polar surface area (TPSA) is 55.5 Å². The number of benzene rings is 1. The fourth-order valence-corrected chi connectivity index (χ4v) is 1.62. The van der Waals surface area contributed by atoms with Crippen LogP contribution in [0.25, 0.3) is 0 Å². The van der Waals surface area contributed by atoms with Gasteiger partial charge in [-0.25, -0.2) is 4.39 Å². The highest BCUT2D eigenvalue weighted by atomic mass is 19.1. The number of ether oxygens (including phenoxy) is 1. The number of aliphatic hydroxyl groups excluding tert-OH is 1. The van der Waals surface area contributed by atoms with Gasteiger partial charge in [-0.15, -0.1) is 0 Å². The zero-order valence-corrected chi connectivity index (χ0v) is 11.4. The molecule has 18 heavy (non-hydrogen) atoms. The molecule has 0 saturated heterocycles. The molecule has 2 atom stereocenters. The molecule has 4 heteroatoms. The van der Waals surface area contributed by atoms with Gasteiger partial charge >= 0.3 is 0 Å². The van der Waals surface area contributed by atoms with Crippen LogP contribution in [0.15, 0.2) is 18.2 Å². The Balaban J connectivity index is 2.79. The summed E-state index contributed by atoms with van der Waals surface area (Å²) in [5.41, 5.74) is 6.43. The molecule has 0 radical (unpaired) electrons. The number of methoxy groups -OCH3 is 1. The van der Waals surface area contributed by atoms with Gasteiger partial charge in [-0.2, -0.15) is 0 Å². The Hall–Kier alpha value is -1.13. The molecule has 0 unspecified atom stereocenters. The van der Waals surface area contributed by atoms with Gasteiger partial charge in [0.1, 0.15) is 0 Å². The van der Waals surface area contributed by atoms with Gasteiger partial charge in [0.2, 0.25) is 0 Å². The lowest BCUT2D eigenvalue weighted by molar-refractivity contribution is 0.133. The largest absolute Gasteiger partial charge is 0.494 e. The van der Waals surface area contributed by atoms with Crippen LogP contribution in [-0.4, -0.2) is 18.3 Å². The van der Waals surface area contributed by atoms with E-state index in [2.05, 4.69) is 0 Å². The van der Waals surface area contributed by atoms with Gasteiger partial charge in [-0.3, -0.25) is 0 Å². The number of nitrogens with two attached hydrogens (primary N) is 1. The second-order valence-corrected chi connectivity index (χ2v) is 5.62. The summed E-state index contributed by atoms with van der Waals surface area (Å²) in [6, 6.07) is 4.30. The monoisotopic (exact) mass is 255 g/mol. The van der Waals surface area contributed by atoms with E-state index in [9.17, 15) is 9.50 Å². The molecule has 0 aliphatic heterocycles. The molecule has 1 aromatic carbocycles. The van der Waals surface area contributed by atoms with Gasteiger partial charge in [0.15, 0.2) is 11.6 Å². The van der Waals surface area contributed by atoms with E-state index >= 15 is 0 Å². The van der Waals surface area contributed by atoms with Gasteiger partial charge in [-0.1, -0.05) is 26.8 Å². The quantitative estimate of drug-likeness (QED) is 0.869. The van der Waals surface area contributed by atoms with Crippen molar-refractivity contribution in [1.82, 2.24) is 0 Å². The predicted octanol–water partition coefficient (Wildman–Crippen LogP) is 2.63. The summed E-state index contributed by atoms with van der Waals surface area (Å²) < 4.78 is 18.3. The maximum atomic E-state index is 13.5. The van der Waals surface area contributed by atoms with Crippen LogP contribution in [0.1, 0.15) is 38.9 Å². The number of hydrogen-bond donors (Lipinski definition) is 2. The van der Waals surface area contributed by atoms with Crippen molar-refractivity contribution >= 4 is 0 Å². The van der Waals surface area contributed by atoms with Gasteiger partial charge in [-0.05, 0) is 29.5 Å². The van der Waals surface area contributed by atoms with Gasteiger partial charge in [0.25, 0.3) is 0 Å². The van der Waals surface area contributed by atoms with Crippen molar-refractivity contribution in [3.05, 3.63) is 29.6 Å². The van der Waals surface area contributed by atoms with Crippen LogP contribution >= 0.6 is 0 Å². The van der Waals surface area contributed by atoms with Crippen LogP contribution in [0.2, 0.25) is 0 Å². The Bertz CT molecular complexity index is 401. The third kappa shape index (κ3) is 3.68. The second-order valence-electron chi connectivity index (χ2n) is 5.62. The summed E-state index contributed by atoms with van der Waals surface area (Å²) in [7, 11) is 1.41. The fraction of sp³-hybridized carbons (Fsp3) is 0.571. The summed E-state index contributed by atoms with van der Waals surface area (Å²) in [6.07, 6.45) is -0.366. The molecule has 3 N–H and O–H groups in total. The van der Waals surface area contributed by atoms with Crippen LogP contribution in [-0.2, 0) is 0 Å². The normalized spacial score (nSPS) is 15.3. The number of aliphatic hydroxyl groups is 1. The van der Waals surface area contributed by atoms with Crippen LogP contribution < -0.4 is 10.5 Å². The smallest absolute Gasteiger partial charge is 0.165 e. The highest BCUT2D eigenvalue weighted by molar-refractivity contribution is 5.30. The average molecular weight is 255 g/mol. The molecular formula is C14H22FNO2. The maximum Gasteiger partial charge on any atom is 0.165 e. The SMILES string of the molecule is COc1ccc([C@H](O)C[C@H](N)C(C)(C)C)cc1F. The predicted molar refractivity (Wildman–Crippen MR) is 70.0 cm³/mol. The Morgan fingerprint density at radius 1 is 1.39 bits per heavy atom. The van der Waals surface area contributed by atoms with Crippen molar-refractivity contribution < 1.29 is 14.2 Å². The summed E-state index contributed by atoms with van der Waals surface area (Å²) in [5.74, 6) is -0.301. The highest BCUT2D eigenvalue weighted by Crippen LogP contribution is 2.28. The minimum atomic E-state index is -0.764. The Labute approximate surface area is 108 Å². The van der Waals surface area contributed by atoms with Crippen molar-refractivity contribution in [2.24, 2.45) is 11.1 Å². The van der Waals surface area contributed by atoms with Crippen molar-refractivity contribution in [3.63, 3.8) is 0 Å². The molecule has 1 rings (SSSR count). The number of rotatable bonds is 4. The van der Waals surface area contributed by atoms with Gasteiger partial charge in [0, 0.05) is 6.04 Å². The van der Waals surface area contributed by atoms with E-state index in [1.165, 1.54) is 19.2 Å². The highest BCUT2D eigenvalue weighted by Gasteiger charge is 2.24. The maximum absolute atomic E-state index is 13.5. The number of halogens is 1. The van der Waals surface area contributed by atoms with E-state index in [0.717, 1.165) is 0 Å². The summed E-state index contributed by atoms with van der Waals surface area (Å²) >= 11 is 0. The van der Waals surface area contributed by atoms with Crippen LogP contribution in [0.3, 0.4) is 0 Å². The molecule has 3 nitrogen and oxygen atoms in total. The standard InChI is InChI=1S/C14H22FNO2/c1-14(2,3)13(16)8-11(17)9-5-6-12(18-4)10(15)7-9/h5-7,11,13,17H,8,16H2,1-4H3/t11-,13+/m1/s1. The van der Waals surface area contributed by atoms with E-state index in [4.69, 9.17) is 10.5 Å². The zero-order valence-electron chi connectivity index (χ0n) is 11.4. The van der Waals surface area contributed by atoms with Crippen molar-refractivity contribution in [2.75, 3.05) is 7.11 Å². The van der Waals surface area contributed by atoms with E-state index in [-0.39, 0.29) is 17.2 Å². The first-order valence-corrected chi connectivity index (χ1v) is 6.02. The van der Waals surface area contributed by atoms with Crippen LogP contribution in [0.4, 0.5) is 4.39 Å². The summed E-state index contributed by atoms with van der Waals surface area (Å²) in [4.78, 5) is 0. The van der Waals surface area contributed by atoms with Gasteiger partial charge < -0.3 is 15.6 Å². The Morgan fingerprint density at radius 3 is 2.44 bits per heavy atom. The van der Waals surface area contributed by atoms with Gasteiger partial charge in [0.05, 0.1) is 13.2 Å². The molecule has 0 bridgehead atoms. The summed E-state index contributed by atoms with van der Waals surface area (Å²) in [6.45, 7) is 6.04. The lowest BCUT2D eigenvalue weighted by atomic mass is 9.83. The Morgan fingerprint density at radius 2 is 2.00 bits per heavy atom.